The second kappa shape index (κ2) is 11.1. The first-order valence-electron chi connectivity index (χ1n) is 9.21. The second-order valence-corrected chi connectivity index (χ2v) is 6.31. The van der Waals surface area contributed by atoms with Crippen molar-refractivity contribution >= 4 is 17.6 Å². The van der Waals surface area contributed by atoms with Gasteiger partial charge in [0.15, 0.2) is 23.4 Å². The first kappa shape index (κ1) is 23.9. The molecule has 0 heterocycles. The number of guanidine groups is 1. The number of hydrogen-bond acceptors (Lipinski definition) is 3. The summed E-state index contributed by atoms with van der Waals surface area (Å²) in [5.74, 6) is -5.17. The van der Waals surface area contributed by atoms with Gasteiger partial charge in [0.05, 0.1) is 18.8 Å². The van der Waals surface area contributed by atoms with Crippen LogP contribution in [0.4, 0.5) is 27.6 Å². The smallest absolute Gasteiger partial charge is 0.387 e. The maximum Gasteiger partial charge on any atom is 0.387 e. The van der Waals surface area contributed by atoms with Crippen molar-refractivity contribution in [1.29, 1.82) is 0 Å². The quantitative estimate of drug-likeness (QED) is 0.251. The minimum absolute atomic E-state index is 0.0215. The van der Waals surface area contributed by atoms with Crippen LogP contribution in [0.25, 0.3) is 0 Å². The Kier molecular flexibility index (Phi) is 8.59. The van der Waals surface area contributed by atoms with E-state index in [9.17, 15) is 26.7 Å². The standard InChI is InChI=1S/C20H21F5N4O2/c1-3-26-20(27-9-12-8-11(2)4-7-15(12)31-19(24)25)28-10-16(30)29-14-6-5-13(21)17(22)18(14)23/h4-8,19H,3,9-10H2,1-2H3,(H,29,30)(H2,26,27,28). The summed E-state index contributed by atoms with van der Waals surface area (Å²) in [6.45, 7) is 0.588. The van der Waals surface area contributed by atoms with Crippen LogP contribution in [0.15, 0.2) is 35.3 Å². The first-order valence-corrected chi connectivity index (χ1v) is 9.21. The molecular weight excluding hydrogens is 423 g/mol. The van der Waals surface area contributed by atoms with Crippen molar-refractivity contribution in [3.8, 4) is 5.75 Å². The lowest BCUT2D eigenvalue weighted by Gasteiger charge is -2.13. The minimum atomic E-state index is -2.99. The van der Waals surface area contributed by atoms with Gasteiger partial charge in [-0.25, -0.2) is 18.2 Å². The van der Waals surface area contributed by atoms with Crippen LogP contribution in [-0.2, 0) is 11.3 Å². The van der Waals surface area contributed by atoms with Gasteiger partial charge in [-0.05, 0) is 32.0 Å². The van der Waals surface area contributed by atoms with Crippen LogP contribution in [0.1, 0.15) is 18.1 Å². The highest BCUT2D eigenvalue weighted by molar-refractivity contribution is 5.95. The van der Waals surface area contributed by atoms with Gasteiger partial charge in [0.2, 0.25) is 5.91 Å². The number of aliphatic imine (C=N–C) groups is 1. The van der Waals surface area contributed by atoms with E-state index >= 15 is 0 Å². The summed E-state index contributed by atoms with van der Waals surface area (Å²) >= 11 is 0. The van der Waals surface area contributed by atoms with Gasteiger partial charge in [0.25, 0.3) is 0 Å². The molecule has 2 aromatic carbocycles. The van der Waals surface area contributed by atoms with Gasteiger partial charge in [0, 0.05) is 12.1 Å². The normalized spacial score (nSPS) is 11.4. The third-order valence-electron chi connectivity index (χ3n) is 3.91. The molecule has 0 radical (unpaired) electrons. The Hall–Kier alpha value is -3.37. The Balaban J connectivity index is 2.05. The molecule has 3 N–H and O–H groups in total. The van der Waals surface area contributed by atoms with Crippen LogP contribution in [-0.4, -0.2) is 31.6 Å². The number of hydrogen-bond donors (Lipinski definition) is 3. The highest BCUT2D eigenvalue weighted by Gasteiger charge is 2.15. The van der Waals surface area contributed by atoms with E-state index in [-0.39, 0.29) is 24.8 Å². The highest BCUT2D eigenvalue weighted by atomic mass is 19.3. The SMILES string of the molecule is CCNC(=NCc1cc(C)ccc1OC(F)F)NCC(=O)Nc1ccc(F)c(F)c1F. The summed E-state index contributed by atoms with van der Waals surface area (Å²) < 4.78 is 69.5. The van der Waals surface area contributed by atoms with E-state index in [1.165, 1.54) is 6.07 Å². The van der Waals surface area contributed by atoms with E-state index in [2.05, 4.69) is 25.7 Å². The zero-order chi connectivity index (χ0) is 23.0. The Morgan fingerprint density at radius 3 is 2.52 bits per heavy atom. The maximum atomic E-state index is 13.7. The number of nitrogens with zero attached hydrogens (tertiary/aromatic N) is 1. The van der Waals surface area contributed by atoms with E-state index in [1.54, 1.807) is 26.0 Å². The molecule has 168 valence electrons. The van der Waals surface area contributed by atoms with Crippen molar-refractivity contribution in [2.45, 2.75) is 27.0 Å². The summed E-state index contributed by atoms with van der Waals surface area (Å²) in [7, 11) is 0. The average Bonchev–Trinajstić information content (AvgIpc) is 2.72. The summed E-state index contributed by atoms with van der Waals surface area (Å²) in [5, 5.41) is 7.66. The highest BCUT2D eigenvalue weighted by Crippen LogP contribution is 2.23. The number of rotatable bonds is 8. The van der Waals surface area contributed by atoms with Crippen LogP contribution in [0.2, 0.25) is 0 Å². The van der Waals surface area contributed by atoms with Crippen LogP contribution in [0, 0.1) is 24.4 Å². The van der Waals surface area contributed by atoms with Gasteiger partial charge in [-0.3, -0.25) is 4.79 Å². The molecule has 0 fully saturated rings. The van der Waals surface area contributed by atoms with E-state index in [1.807, 2.05) is 0 Å². The van der Waals surface area contributed by atoms with Crippen molar-refractivity contribution in [2.75, 3.05) is 18.4 Å². The monoisotopic (exact) mass is 444 g/mol. The number of nitrogens with one attached hydrogen (secondary N) is 3. The number of aryl methyl sites for hydroxylation is 1. The van der Waals surface area contributed by atoms with Gasteiger partial charge in [-0.1, -0.05) is 17.7 Å². The van der Waals surface area contributed by atoms with Crippen molar-refractivity contribution in [3.63, 3.8) is 0 Å². The molecule has 6 nitrogen and oxygen atoms in total. The topological polar surface area (TPSA) is 74.8 Å². The lowest BCUT2D eigenvalue weighted by atomic mass is 10.1. The van der Waals surface area contributed by atoms with Crippen LogP contribution < -0.4 is 20.7 Å². The third kappa shape index (κ3) is 7.12. The fraction of sp³-hybridized carbons (Fsp3) is 0.300. The molecule has 0 saturated heterocycles. The fourth-order valence-corrected chi connectivity index (χ4v) is 2.53. The molecule has 0 atom stereocenters. The molecule has 31 heavy (non-hydrogen) atoms. The minimum Gasteiger partial charge on any atom is -0.434 e. The largest absolute Gasteiger partial charge is 0.434 e. The summed E-state index contributed by atoms with van der Waals surface area (Å²) in [5.41, 5.74) is 0.713. The van der Waals surface area contributed by atoms with Gasteiger partial charge in [-0.2, -0.15) is 8.78 Å². The average molecular weight is 444 g/mol. The number of benzene rings is 2. The van der Waals surface area contributed by atoms with Crippen molar-refractivity contribution in [1.82, 2.24) is 10.6 Å². The van der Waals surface area contributed by atoms with Crippen LogP contribution in [0.3, 0.4) is 0 Å². The second-order valence-electron chi connectivity index (χ2n) is 6.31. The molecule has 0 aliphatic rings. The Labute approximate surface area is 175 Å². The molecule has 0 unspecified atom stereocenters. The number of ether oxygens (including phenoxy) is 1. The van der Waals surface area contributed by atoms with Crippen LogP contribution >= 0.6 is 0 Å². The molecular formula is C20H21F5N4O2. The van der Waals surface area contributed by atoms with E-state index in [4.69, 9.17) is 0 Å². The third-order valence-corrected chi connectivity index (χ3v) is 3.91. The van der Waals surface area contributed by atoms with Gasteiger partial charge in [-0.15, -0.1) is 0 Å². The predicted molar refractivity (Wildman–Crippen MR) is 106 cm³/mol. The Bertz CT molecular complexity index is 953. The zero-order valence-corrected chi connectivity index (χ0v) is 16.7. The van der Waals surface area contributed by atoms with Gasteiger partial charge in [0.1, 0.15) is 5.75 Å². The molecule has 0 spiro atoms. The molecule has 1 amide bonds. The molecule has 11 heteroatoms. The van der Waals surface area contributed by atoms with Gasteiger partial charge < -0.3 is 20.7 Å². The fourth-order valence-electron chi connectivity index (χ4n) is 2.53. The number of halogens is 5. The first-order chi connectivity index (χ1) is 14.7. The van der Waals surface area contributed by atoms with Crippen molar-refractivity contribution < 1.29 is 31.5 Å². The number of anilines is 1. The van der Waals surface area contributed by atoms with Crippen molar-refractivity contribution in [2.24, 2.45) is 4.99 Å². The van der Waals surface area contributed by atoms with Crippen molar-refractivity contribution in [3.05, 3.63) is 58.9 Å². The summed E-state index contributed by atoms with van der Waals surface area (Å²) in [6, 6.07) is 6.26. The molecule has 0 aromatic heterocycles. The van der Waals surface area contributed by atoms with E-state index in [0.29, 0.717) is 18.2 Å². The Morgan fingerprint density at radius 1 is 1.10 bits per heavy atom. The number of amides is 1. The molecule has 2 aromatic rings. The summed E-state index contributed by atoms with van der Waals surface area (Å²) in [4.78, 5) is 16.2. The van der Waals surface area contributed by atoms with E-state index in [0.717, 1.165) is 11.6 Å². The molecule has 0 saturated carbocycles. The summed E-state index contributed by atoms with van der Waals surface area (Å²) in [6.07, 6.45) is 0. The molecule has 0 aliphatic carbocycles. The Morgan fingerprint density at radius 2 is 1.84 bits per heavy atom. The maximum absolute atomic E-state index is 13.7. The molecule has 0 aliphatic heterocycles. The molecule has 0 bridgehead atoms. The lowest BCUT2D eigenvalue weighted by molar-refractivity contribution is -0.115. The number of carbonyl (C=O) groups excluding carboxylic acids is 1. The lowest BCUT2D eigenvalue weighted by Crippen LogP contribution is -2.41. The van der Waals surface area contributed by atoms with Gasteiger partial charge >= 0.3 is 6.61 Å². The van der Waals surface area contributed by atoms with Crippen LogP contribution in [0.5, 0.6) is 5.75 Å². The zero-order valence-electron chi connectivity index (χ0n) is 16.7. The van der Waals surface area contributed by atoms with E-state index < -0.39 is 35.7 Å². The number of alkyl halides is 2. The predicted octanol–water partition coefficient (Wildman–Crippen LogP) is 3.71. The molecule has 2 rings (SSSR count). The number of carbonyl (C=O) groups is 1.